The molecule has 2 aromatic rings. The molecule has 80 valence electrons. The first-order chi connectivity index (χ1) is 7.54. The Labute approximate surface area is 88.2 Å². The topological polar surface area (TPSA) is 44.0 Å². The molecule has 0 saturated heterocycles. The van der Waals surface area contributed by atoms with Crippen molar-refractivity contribution in [3.63, 3.8) is 0 Å². The Morgan fingerprint density at radius 3 is 2.38 bits per heavy atom. The fourth-order valence-corrected chi connectivity index (χ4v) is 1.49. The van der Waals surface area contributed by atoms with Gasteiger partial charge in [0.15, 0.2) is 11.6 Å². The number of hydrogen-bond acceptors (Lipinski definition) is 2. The average molecular weight is 223 g/mol. The highest BCUT2D eigenvalue weighted by Crippen LogP contribution is 2.31. The molecule has 16 heavy (non-hydrogen) atoms. The summed E-state index contributed by atoms with van der Waals surface area (Å²) < 4.78 is 39.5. The molecule has 0 amide bonds. The molecule has 0 aliphatic rings. The lowest BCUT2D eigenvalue weighted by molar-refractivity contribution is 0.474. The Morgan fingerprint density at radius 2 is 1.75 bits per heavy atom. The van der Waals surface area contributed by atoms with E-state index in [0.717, 1.165) is 12.1 Å². The van der Waals surface area contributed by atoms with Gasteiger partial charge in [0.05, 0.1) is 17.0 Å². The molecular formula is C11H4F3NO. The van der Waals surface area contributed by atoms with Gasteiger partial charge in [-0.05, 0) is 12.1 Å². The van der Waals surface area contributed by atoms with Gasteiger partial charge in [0.1, 0.15) is 11.6 Å². The third kappa shape index (κ3) is 1.36. The summed E-state index contributed by atoms with van der Waals surface area (Å²) in [7, 11) is 0. The van der Waals surface area contributed by atoms with Gasteiger partial charge in [-0.1, -0.05) is 0 Å². The zero-order chi connectivity index (χ0) is 11.9. The highest BCUT2D eigenvalue weighted by Gasteiger charge is 2.16. The number of fused-ring (bicyclic) bond motifs is 1. The second-order valence-electron chi connectivity index (χ2n) is 3.18. The van der Waals surface area contributed by atoms with Crippen molar-refractivity contribution in [3.8, 4) is 11.8 Å². The zero-order valence-corrected chi connectivity index (χ0v) is 7.76. The van der Waals surface area contributed by atoms with E-state index in [0.29, 0.717) is 6.07 Å². The second kappa shape index (κ2) is 3.42. The summed E-state index contributed by atoms with van der Waals surface area (Å²) in [5.74, 6) is -4.32. The summed E-state index contributed by atoms with van der Waals surface area (Å²) in [5, 5.41) is 17.1. The molecule has 2 rings (SSSR count). The van der Waals surface area contributed by atoms with Gasteiger partial charge in [-0.25, -0.2) is 13.2 Å². The van der Waals surface area contributed by atoms with Crippen LogP contribution >= 0.6 is 0 Å². The molecule has 0 atom stereocenters. The Hall–Kier alpha value is -2.22. The van der Waals surface area contributed by atoms with E-state index in [1.54, 1.807) is 6.07 Å². The van der Waals surface area contributed by atoms with Crippen molar-refractivity contribution in [1.29, 1.82) is 5.26 Å². The van der Waals surface area contributed by atoms with E-state index < -0.39 is 34.0 Å². The number of halogens is 3. The minimum Gasteiger partial charge on any atom is -0.507 e. The molecule has 0 heterocycles. The lowest BCUT2D eigenvalue weighted by Crippen LogP contribution is -1.92. The van der Waals surface area contributed by atoms with Crippen LogP contribution in [0.25, 0.3) is 10.8 Å². The molecule has 0 aromatic heterocycles. The number of phenols is 1. The van der Waals surface area contributed by atoms with Crippen molar-refractivity contribution < 1.29 is 18.3 Å². The first-order valence-electron chi connectivity index (χ1n) is 4.25. The second-order valence-corrected chi connectivity index (χ2v) is 3.18. The molecule has 2 aromatic carbocycles. The van der Waals surface area contributed by atoms with Gasteiger partial charge in [0, 0.05) is 11.5 Å². The molecule has 0 bridgehead atoms. The maximum absolute atomic E-state index is 13.3. The quantitative estimate of drug-likeness (QED) is 0.698. The largest absolute Gasteiger partial charge is 0.507 e. The summed E-state index contributed by atoms with van der Waals surface area (Å²) in [4.78, 5) is 0. The van der Waals surface area contributed by atoms with Gasteiger partial charge in [-0.3, -0.25) is 0 Å². The van der Waals surface area contributed by atoms with Crippen molar-refractivity contribution in [1.82, 2.24) is 0 Å². The maximum atomic E-state index is 13.3. The van der Waals surface area contributed by atoms with E-state index in [1.807, 2.05) is 0 Å². The fraction of sp³-hybridized carbons (Fsp3) is 0. The van der Waals surface area contributed by atoms with Crippen LogP contribution in [0.3, 0.4) is 0 Å². The number of nitrogens with zero attached hydrogens (tertiary/aromatic N) is 1. The Bertz CT molecular complexity index is 631. The molecule has 0 aliphatic carbocycles. The molecular weight excluding hydrogens is 219 g/mol. The normalized spacial score (nSPS) is 10.4. The standard InChI is InChI=1S/C11H4F3NO/c12-7-3-8(13)11(14)6-1-5(4-15)2-9(16)10(6)7/h1-3,16H. The smallest absolute Gasteiger partial charge is 0.167 e. The highest BCUT2D eigenvalue weighted by molar-refractivity contribution is 5.90. The number of aromatic hydroxyl groups is 1. The Kier molecular flexibility index (Phi) is 2.20. The average Bonchev–Trinajstić information content (AvgIpc) is 2.24. The minimum absolute atomic E-state index is 0.0751. The van der Waals surface area contributed by atoms with Gasteiger partial charge in [0.2, 0.25) is 0 Å². The van der Waals surface area contributed by atoms with E-state index in [-0.39, 0.29) is 5.56 Å². The first-order valence-corrected chi connectivity index (χ1v) is 4.25. The molecule has 2 nitrogen and oxygen atoms in total. The van der Waals surface area contributed by atoms with Crippen LogP contribution in [-0.4, -0.2) is 5.11 Å². The molecule has 0 fully saturated rings. The number of rotatable bonds is 0. The lowest BCUT2D eigenvalue weighted by atomic mass is 10.0. The van der Waals surface area contributed by atoms with Crippen LogP contribution in [0.15, 0.2) is 18.2 Å². The molecule has 0 aliphatic heterocycles. The molecule has 0 unspecified atom stereocenters. The first kappa shape index (κ1) is 10.3. The van der Waals surface area contributed by atoms with Gasteiger partial charge >= 0.3 is 0 Å². The van der Waals surface area contributed by atoms with Crippen LogP contribution < -0.4 is 0 Å². The van der Waals surface area contributed by atoms with Crippen molar-refractivity contribution in [2.45, 2.75) is 0 Å². The molecule has 0 radical (unpaired) electrons. The predicted octanol–water partition coefficient (Wildman–Crippen LogP) is 2.83. The van der Waals surface area contributed by atoms with Gasteiger partial charge in [-0.15, -0.1) is 0 Å². The summed E-state index contributed by atoms with van der Waals surface area (Å²) in [6, 6.07) is 3.98. The van der Waals surface area contributed by atoms with Crippen molar-refractivity contribution >= 4 is 10.8 Å². The van der Waals surface area contributed by atoms with E-state index >= 15 is 0 Å². The van der Waals surface area contributed by atoms with Crippen LogP contribution in [-0.2, 0) is 0 Å². The van der Waals surface area contributed by atoms with Crippen LogP contribution in [0.4, 0.5) is 13.2 Å². The van der Waals surface area contributed by atoms with Crippen molar-refractivity contribution in [2.75, 3.05) is 0 Å². The van der Waals surface area contributed by atoms with E-state index in [2.05, 4.69) is 0 Å². The summed E-state index contributed by atoms with van der Waals surface area (Å²) in [6.07, 6.45) is 0. The zero-order valence-electron chi connectivity index (χ0n) is 7.76. The molecule has 1 N–H and O–H groups in total. The van der Waals surface area contributed by atoms with Gasteiger partial charge in [0.25, 0.3) is 0 Å². The Morgan fingerprint density at radius 1 is 1.06 bits per heavy atom. The SMILES string of the molecule is N#Cc1cc(O)c2c(F)cc(F)c(F)c2c1. The van der Waals surface area contributed by atoms with Crippen LogP contribution in [0.1, 0.15) is 5.56 Å². The third-order valence-electron chi connectivity index (χ3n) is 2.19. The maximum Gasteiger partial charge on any atom is 0.167 e. The number of benzene rings is 2. The monoisotopic (exact) mass is 223 g/mol. The third-order valence-corrected chi connectivity index (χ3v) is 2.19. The van der Waals surface area contributed by atoms with Crippen molar-refractivity contribution in [2.24, 2.45) is 0 Å². The molecule has 0 saturated carbocycles. The van der Waals surface area contributed by atoms with E-state index in [1.165, 1.54) is 0 Å². The summed E-state index contributed by atoms with van der Waals surface area (Å²) >= 11 is 0. The van der Waals surface area contributed by atoms with Gasteiger partial charge in [-0.2, -0.15) is 5.26 Å². The van der Waals surface area contributed by atoms with Crippen molar-refractivity contribution in [3.05, 3.63) is 41.2 Å². The number of hydrogen-bond donors (Lipinski definition) is 1. The van der Waals surface area contributed by atoms with E-state index in [9.17, 15) is 18.3 Å². The Balaban J connectivity index is 3.01. The highest BCUT2D eigenvalue weighted by atomic mass is 19.2. The van der Waals surface area contributed by atoms with Gasteiger partial charge < -0.3 is 5.11 Å². The fourth-order valence-electron chi connectivity index (χ4n) is 1.49. The lowest BCUT2D eigenvalue weighted by Gasteiger charge is -2.05. The number of phenolic OH excluding ortho intramolecular Hbond substituents is 1. The summed E-state index contributed by atoms with van der Waals surface area (Å²) in [6.45, 7) is 0. The minimum atomic E-state index is -1.36. The number of nitriles is 1. The molecule has 5 heteroatoms. The summed E-state index contributed by atoms with van der Waals surface area (Å²) in [5.41, 5.74) is -0.0751. The van der Waals surface area contributed by atoms with Crippen LogP contribution in [0.2, 0.25) is 0 Å². The predicted molar refractivity (Wildman–Crippen MR) is 50.2 cm³/mol. The van der Waals surface area contributed by atoms with Crippen LogP contribution in [0.5, 0.6) is 5.75 Å². The van der Waals surface area contributed by atoms with Crippen LogP contribution in [0, 0.1) is 28.8 Å². The van der Waals surface area contributed by atoms with E-state index in [4.69, 9.17) is 5.26 Å². The molecule has 0 spiro atoms.